The van der Waals surface area contributed by atoms with Gasteiger partial charge in [-0.2, -0.15) is 0 Å². The Bertz CT molecular complexity index is 1370. The van der Waals surface area contributed by atoms with E-state index in [0.29, 0.717) is 18.8 Å². The van der Waals surface area contributed by atoms with Gasteiger partial charge in [0.1, 0.15) is 17.3 Å². The van der Waals surface area contributed by atoms with Crippen molar-refractivity contribution in [3.8, 4) is 45.4 Å². The largest absolute Gasteiger partial charge is 0.497 e. The van der Waals surface area contributed by atoms with Crippen LogP contribution in [0.5, 0.6) is 11.5 Å². The molecule has 0 atom stereocenters. The molecule has 0 N–H and O–H groups in total. The molecule has 202 valence electrons. The van der Waals surface area contributed by atoms with Crippen LogP contribution < -0.4 is 9.47 Å². The Labute approximate surface area is 230 Å². The molecule has 1 heterocycles. The van der Waals surface area contributed by atoms with Crippen molar-refractivity contribution < 1.29 is 19.0 Å². The van der Waals surface area contributed by atoms with E-state index in [1.54, 1.807) is 14.2 Å². The molecule has 0 aliphatic carbocycles. The highest BCUT2D eigenvalue weighted by molar-refractivity contribution is 5.82. The Balaban J connectivity index is 1.69. The van der Waals surface area contributed by atoms with Gasteiger partial charge >= 0.3 is 0 Å². The summed E-state index contributed by atoms with van der Waals surface area (Å²) in [5.74, 6) is 4.90. The SMILES string of the molecule is CCOC(=C=O)CCCCCCn1c(-c2ccccc2)nc(-c2ccc(OC)cc2)c1-c1ccc(OC)cc1. The summed E-state index contributed by atoms with van der Waals surface area (Å²) in [4.78, 5) is 16.3. The minimum absolute atomic E-state index is 0.421. The monoisotopic (exact) mass is 524 g/mol. The molecule has 1 aromatic heterocycles. The number of allylic oxidation sites excluding steroid dienone is 1. The highest BCUT2D eigenvalue weighted by Crippen LogP contribution is 2.37. The third-order valence-electron chi connectivity index (χ3n) is 6.69. The minimum Gasteiger partial charge on any atom is -0.497 e. The van der Waals surface area contributed by atoms with Gasteiger partial charge in [-0.15, -0.1) is 0 Å². The molecule has 0 bridgehead atoms. The van der Waals surface area contributed by atoms with Gasteiger partial charge in [0.15, 0.2) is 11.7 Å². The van der Waals surface area contributed by atoms with Gasteiger partial charge in [-0.25, -0.2) is 9.78 Å². The molecule has 0 radical (unpaired) electrons. The summed E-state index contributed by atoms with van der Waals surface area (Å²) in [6, 6.07) is 26.6. The van der Waals surface area contributed by atoms with Crippen LogP contribution in [-0.2, 0) is 16.1 Å². The summed E-state index contributed by atoms with van der Waals surface area (Å²) < 4.78 is 18.5. The van der Waals surface area contributed by atoms with Crippen LogP contribution in [0.25, 0.3) is 33.9 Å². The zero-order valence-corrected chi connectivity index (χ0v) is 23.0. The zero-order valence-electron chi connectivity index (χ0n) is 23.0. The molecule has 0 unspecified atom stereocenters. The average Bonchev–Trinajstić information content (AvgIpc) is 3.38. The molecule has 0 amide bonds. The van der Waals surface area contributed by atoms with Gasteiger partial charge in [0, 0.05) is 29.7 Å². The lowest BCUT2D eigenvalue weighted by atomic mass is 10.0. The van der Waals surface area contributed by atoms with Crippen molar-refractivity contribution in [3.05, 3.63) is 84.6 Å². The van der Waals surface area contributed by atoms with Crippen molar-refractivity contribution in [1.29, 1.82) is 0 Å². The fourth-order valence-electron chi connectivity index (χ4n) is 4.71. The van der Waals surface area contributed by atoms with E-state index < -0.39 is 0 Å². The second-order valence-corrected chi connectivity index (χ2v) is 9.23. The van der Waals surface area contributed by atoms with Gasteiger partial charge in [0.05, 0.1) is 32.2 Å². The molecule has 3 aromatic carbocycles. The molecule has 0 saturated carbocycles. The number of imidazole rings is 1. The molecule has 4 aromatic rings. The van der Waals surface area contributed by atoms with E-state index >= 15 is 0 Å². The van der Waals surface area contributed by atoms with Crippen molar-refractivity contribution in [2.45, 2.75) is 45.6 Å². The lowest BCUT2D eigenvalue weighted by molar-refractivity contribution is 0.219. The molecule has 6 heteroatoms. The molecule has 39 heavy (non-hydrogen) atoms. The maximum atomic E-state index is 11.0. The smallest absolute Gasteiger partial charge is 0.179 e. The summed E-state index contributed by atoms with van der Waals surface area (Å²) in [6.07, 6.45) is 4.57. The molecule has 0 aliphatic heterocycles. The Kier molecular flexibility index (Phi) is 9.98. The first-order valence-corrected chi connectivity index (χ1v) is 13.5. The van der Waals surface area contributed by atoms with E-state index in [4.69, 9.17) is 19.2 Å². The molecule has 0 fully saturated rings. The summed E-state index contributed by atoms with van der Waals surface area (Å²) in [7, 11) is 3.35. The summed E-state index contributed by atoms with van der Waals surface area (Å²) in [5.41, 5.74) is 5.18. The molecule has 0 spiro atoms. The summed E-state index contributed by atoms with van der Waals surface area (Å²) in [6.45, 7) is 3.20. The van der Waals surface area contributed by atoms with Gasteiger partial charge in [-0.05, 0) is 68.3 Å². The predicted octanol–water partition coefficient (Wildman–Crippen LogP) is 7.60. The van der Waals surface area contributed by atoms with Gasteiger partial charge in [0.2, 0.25) is 0 Å². The van der Waals surface area contributed by atoms with Crippen LogP contribution >= 0.6 is 0 Å². The van der Waals surface area contributed by atoms with Crippen LogP contribution in [0.4, 0.5) is 0 Å². The highest BCUT2D eigenvalue weighted by atomic mass is 16.5. The third kappa shape index (κ3) is 6.98. The number of hydrogen-bond donors (Lipinski definition) is 0. The lowest BCUT2D eigenvalue weighted by Crippen LogP contribution is -2.04. The normalized spacial score (nSPS) is 10.6. The number of aromatic nitrogens is 2. The van der Waals surface area contributed by atoms with Gasteiger partial charge in [0.25, 0.3) is 0 Å². The highest BCUT2D eigenvalue weighted by Gasteiger charge is 2.21. The Morgan fingerprint density at radius 2 is 1.38 bits per heavy atom. The quantitative estimate of drug-likeness (QED) is 0.0965. The maximum Gasteiger partial charge on any atom is 0.179 e. The van der Waals surface area contributed by atoms with Gasteiger partial charge in [-0.1, -0.05) is 43.2 Å². The van der Waals surface area contributed by atoms with Crippen LogP contribution in [0.1, 0.15) is 39.0 Å². The van der Waals surface area contributed by atoms with Crippen molar-refractivity contribution >= 4 is 5.94 Å². The fraction of sp³-hybridized carbons (Fsp3) is 0.303. The second kappa shape index (κ2) is 14.0. The number of benzene rings is 3. The van der Waals surface area contributed by atoms with Crippen LogP contribution in [0, 0.1) is 0 Å². The van der Waals surface area contributed by atoms with Gasteiger partial charge < -0.3 is 18.8 Å². The van der Waals surface area contributed by atoms with Crippen molar-refractivity contribution in [2.75, 3.05) is 20.8 Å². The number of ether oxygens (including phenoxy) is 3. The molecule has 6 nitrogen and oxygen atoms in total. The first-order valence-electron chi connectivity index (χ1n) is 13.5. The maximum absolute atomic E-state index is 11.0. The number of nitrogens with zero attached hydrogens (tertiary/aromatic N) is 2. The molecular weight excluding hydrogens is 488 g/mol. The predicted molar refractivity (Wildman–Crippen MR) is 156 cm³/mol. The van der Waals surface area contributed by atoms with Crippen LogP contribution in [0.2, 0.25) is 0 Å². The van der Waals surface area contributed by atoms with E-state index in [9.17, 15) is 4.79 Å². The number of methoxy groups -OCH3 is 2. The van der Waals surface area contributed by atoms with Gasteiger partial charge in [-0.3, -0.25) is 0 Å². The van der Waals surface area contributed by atoms with E-state index in [0.717, 1.165) is 77.6 Å². The first kappa shape index (κ1) is 27.7. The number of carbonyl (C=O) groups excluding carboxylic acids is 1. The van der Waals surface area contributed by atoms with Crippen LogP contribution in [-0.4, -0.2) is 36.3 Å². The topological polar surface area (TPSA) is 62.6 Å². The number of rotatable bonds is 14. The minimum atomic E-state index is 0.421. The molecular formula is C33H36N2O4. The van der Waals surface area contributed by atoms with Crippen molar-refractivity contribution in [2.24, 2.45) is 0 Å². The van der Waals surface area contributed by atoms with Crippen LogP contribution in [0.15, 0.2) is 84.6 Å². The van der Waals surface area contributed by atoms with E-state index in [2.05, 4.69) is 41.0 Å². The second-order valence-electron chi connectivity index (χ2n) is 9.23. The molecule has 4 rings (SSSR count). The van der Waals surface area contributed by atoms with Crippen molar-refractivity contribution in [1.82, 2.24) is 9.55 Å². The molecule has 0 saturated heterocycles. The van der Waals surface area contributed by atoms with Crippen molar-refractivity contribution in [3.63, 3.8) is 0 Å². The molecule has 0 aliphatic rings. The number of hydrogen-bond acceptors (Lipinski definition) is 5. The summed E-state index contributed by atoms with van der Waals surface area (Å²) in [5, 5.41) is 0. The van der Waals surface area contributed by atoms with E-state index in [1.807, 2.05) is 55.3 Å². The number of unbranched alkanes of at least 4 members (excludes halogenated alkanes) is 3. The van der Waals surface area contributed by atoms with E-state index in [-0.39, 0.29) is 0 Å². The average molecular weight is 525 g/mol. The van der Waals surface area contributed by atoms with E-state index in [1.165, 1.54) is 0 Å². The standard InChI is InChI=1S/C33H36N2O4/c1-4-39-30(24-36)14-10-5-6-11-23-35-32(26-17-21-29(38-3)22-18-26)31(25-15-19-28(37-2)20-16-25)34-33(35)27-12-8-7-9-13-27/h7-9,12-13,15-22H,4-6,10-11,14,23H2,1-3H3. The third-order valence-corrected chi connectivity index (χ3v) is 6.69. The first-order chi connectivity index (χ1) is 19.2. The summed E-state index contributed by atoms with van der Waals surface area (Å²) >= 11 is 0. The lowest BCUT2D eigenvalue weighted by Gasteiger charge is -2.14. The Morgan fingerprint density at radius 3 is 1.97 bits per heavy atom. The Hall–Kier alpha value is -4.28. The zero-order chi connectivity index (χ0) is 27.5. The fourth-order valence-corrected chi connectivity index (χ4v) is 4.71. The van der Waals surface area contributed by atoms with Crippen LogP contribution in [0.3, 0.4) is 0 Å². The Morgan fingerprint density at radius 1 is 0.769 bits per heavy atom.